The van der Waals surface area contributed by atoms with Crippen LogP contribution in [0.2, 0.25) is 5.02 Å². The molecule has 2 N–H and O–H groups in total. The van der Waals surface area contributed by atoms with Gasteiger partial charge in [0.15, 0.2) is 0 Å². The van der Waals surface area contributed by atoms with Gasteiger partial charge in [-0.2, -0.15) is 23.5 Å². The largest absolute Gasteiger partial charge is 0.417 e. The molecule has 1 heterocycles. The van der Waals surface area contributed by atoms with Crippen molar-refractivity contribution in [2.24, 2.45) is 5.10 Å². The number of rotatable bonds is 4. The minimum atomic E-state index is -4.62. The highest BCUT2D eigenvalue weighted by atomic mass is 35.5. The van der Waals surface area contributed by atoms with Crippen LogP contribution in [0.3, 0.4) is 0 Å². The third kappa shape index (κ3) is 4.62. The second kappa shape index (κ2) is 8.16. The first-order chi connectivity index (χ1) is 13.8. The van der Waals surface area contributed by atoms with Gasteiger partial charge in [-0.05, 0) is 12.1 Å². The summed E-state index contributed by atoms with van der Waals surface area (Å²) in [6.45, 7) is 0. The van der Waals surface area contributed by atoms with Gasteiger partial charge in [0.1, 0.15) is 11.6 Å². The van der Waals surface area contributed by atoms with E-state index in [1.807, 2.05) is 0 Å². The lowest BCUT2D eigenvalue weighted by Crippen LogP contribution is -2.16. The Morgan fingerprint density at radius 3 is 2.59 bits per heavy atom. The van der Waals surface area contributed by atoms with Crippen LogP contribution < -0.4 is 11.0 Å². The standard InChI is InChI=1S/C19H11ClF3N5O/c20-13-7-6-12(15(8-13)19(21,22)23)10-25-28-18-26-16(11-4-2-1-3-5-11)14(9-24)17(29)27-18/h1-8,10H,(H2,26,27,28,29). The molecule has 0 saturated heterocycles. The Morgan fingerprint density at radius 1 is 1.21 bits per heavy atom. The van der Waals surface area contributed by atoms with E-state index in [2.05, 4.69) is 20.5 Å². The second-order valence-electron chi connectivity index (χ2n) is 5.72. The Morgan fingerprint density at radius 2 is 1.93 bits per heavy atom. The average Bonchev–Trinajstić information content (AvgIpc) is 2.68. The fraction of sp³-hybridized carbons (Fsp3) is 0.0526. The first-order valence-electron chi connectivity index (χ1n) is 8.05. The van der Waals surface area contributed by atoms with Crippen LogP contribution in [0.5, 0.6) is 0 Å². The maximum atomic E-state index is 13.1. The minimum absolute atomic E-state index is 0.0620. The van der Waals surface area contributed by atoms with Crippen LogP contribution in [0.15, 0.2) is 58.4 Å². The van der Waals surface area contributed by atoms with Gasteiger partial charge >= 0.3 is 6.18 Å². The third-order valence-electron chi connectivity index (χ3n) is 3.77. The molecule has 0 saturated carbocycles. The van der Waals surface area contributed by atoms with E-state index in [0.29, 0.717) is 5.56 Å². The van der Waals surface area contributed by atoms with E-state index < -0.39 is 17.3 Å². The lowest BCUT2D eigenvalue weighted by molar-refractivity contribution is -0.137. The van der Waals surface area contributed by atoms with Crippen molar-refractivity contribution in [1.29, 1.82) is 5.26 Å². The van der Waals surface area contributed by atoms with Gasteiger partial charge in [0.05, 0.1) is 17.5 Å². The van der Waals surface area contributed by atoms with E-state index in [-0.39, 0.29) is 27.8 Å². The number of halogens is 4. The van der Waals surface area contributed by atoms with Gasteiger partial charge in [-0.15, -0.1) is 0 Å². The Bertz CT molecular complexity index is 1170. The van der Waals surface area contributed by atoms with Gasteiger partial charge in [-0.1, -0.05) is 48.0 Å². The highest BCUT2D eigenvalue weighted by Gasteiger charge is 2.33. The molecule has 146 valence electrons. The molecule has 0 aliphatic rings. The summed E-state index contributed by atoms with van der Waals surface area (Å²) in [5, 5.41) is 12.9. The molecule has 0 spiro atoms. The topological polar surface area (TPSA) is 93.9 Å². The smallest absolute Gasteiger partial charge is 0.290 e. The molecule has 1 aromatic heterocycles. The summed E-state index contributed by atoms with van der Waals surface area (Å²) in [6, 6.07) is 13.6. The zero-order chi connectivity index (χ0) is 21.0. The number of nitrogens with one attached hydrogen (secondary N) is 2. The molecule has 0 radical (unpaired) electrons. The van der Waals surface area contributed by atoms with Crippen LogP contribution >= 0.6 is 11.6 Å². The van der Waals surface area contributed by atoms with Gasteiger partial charge in [-0.3, -0.25) is 9.78 Å². The summed E-state index contributed by atoms with van der Waals surface area (Å²) in [6.07, 6.45) is -3.69. The maximum absolute atomic E-state index is 13.1. The van der Waals surface area contributed by atoms with Crippen LogP contribution in [0, 0.1) is 11.3 Å². The number of benzene rings is 2. The van der Waals surface area contributed by atoms with E-state index in [1.165, 1.54) is 12.1 Å². The van der Waals surface area contributed by atoms with Crippen molar-refractivity contribution >= 4 is 23.8 Å². The second-order valence-corrected chi connectivity index (χ2v) is 6.15. The molecule has 0 amide bonds. The van der Waals surface area contributed by atoms with Gasteiger partial charge in [-0.25, -0.2) is 10.4 Å². The van der Waals surface area contributed by atoms with E-state index in [1.54, 1.807) is 36.4 Å². The predicted octanol–water partition coefficient (Wildman–Crippen LogP) is 4.43. The van der Waals surface area contributed by atoms with Crippen LogP contribution in [0.25, 0.3) is 11.3 Å². The molecule has 3 aromatic rings. The molecule has 0 atom stereocenters. The zero-order valence-corrected chi connectivity index (χ0v) is 15.2. The fourth-order valence-corrected chi connectivity index (χ4v) is 2.66. The summed E-state index contributed by atoms with van der Waals surface area (Å²) in [4.78, 5) is 18.6. The summed E-state index contributed by atoms with van der Waals surface area (Å²) in [7, 11) is 0. The van der Waals surface area contributed by atoms with Gasteiger partial charge < -0.3 is 0 Å². The SMILES string of the molecule is N#Cc1c(-c2ccccc2)nc(NN=Cc2ccc(Cl)cc2C(F)(F)F)[nH]c1=O. The van der Waals surface area contributed by atoms with Gasteiger partial charge in [0.2, 0.25) is 5.95 Å². The third-order valence-corrected chi connectivity index (χ3v) is 4.01. The highest BCUT2D eigenvalue weighted by Crippen LogP contribution is 2.33. The number of aromatic amines is 1. The first kappa shape index (κ1) is 20.1. The Kier molecular flexibility index (Phi) is 5.66. The molecule has 0 fully saturated rings. The summed E-state index contributed by atoms with van der Waals surface area (Å²) in [5.74, 6) is -0.133. The summed E-state index contributed by atoms with van der Waals surface area (Å²) in [5.41, 5.74) is 0.948. The van der Waals surface area contributed by atoms with Crippen molar-refractivity contribution in [3.05, 3.63) is 80.6 Å². The van der Waals surface area contributed by atoms with Crippen LogP contribution in [0.1, 0.15) is 16.7 Å². The molecule has 0 aliphatic carbocycles. The molecule has 0 aliphatic heterocycles. The number of hydrogen-bond donors (Lipinski definition) is 2. The molecule has 10 heteroatoms. The number of nitriles is 1. The predicted molar refractivity (Wildman–Crippen MR) is 103 cm³/mol. The summed E-state index contributed by atoms with van der Waals surface area (Å²) >= 11 is 5.64. The number of alkyl halides is 3. The van der Waals surface area contributed by atoms with Crippen molar-refractivity contribution in [2.45, 2.75) is 6.18 Å². The average molecular weight is 418 g/mol. The van der Waals surface area contributed by atoms with E-state index in [0.717, 1.165) is 12.3 Å². The number of aromatic nitrogens is 2. The molecule has 0 unspecified atom stereocenters. The van der Waals surface area contributed by atoms with Crippen LogP contribution in [-0.2, 0) is 6.18 Å². The zero-order valence-electron chi connectivity index (χ0n) is 14.5. The van der Waals surface area contributed by atoms with E-state index in [4.69, 9.17) is 11.6 Å². The monoisotopic (exact) mass is 417 g/mol. The molecule has 29 heavy (non-hydrogen) atoms. The Labute approximate surface area is 167 Å². The van der Waals surface area contributed by atoms with Crippen molar-refractivity contribution in [3.63, 3.8) is 0 Å². The fourth-order valence-electron chi connectivity index (χ4n) is 2.48. The lowest BCUT2D eigenvalue weighted by Gasteiger charge is -2.10. The molecular formula is C19H11ClF3N5O. The Hall–Kier alpha value is -3.64. The van der Waals surface area contributed by atoms with Gasteiger partial charge in [0, 0.05) is 16.1 Å². The molecule has 3 rings (SSSR count). The van der Waals surface area contributed by atoms with E-state index >= 15 is 0 Å². The summed E-state index contributed by atoms with van der Waals surface area (Å²) < 4.78 is 39.4. The lowest BCUT2D eigenvalue weighted by atomic mass is 10.1. The van der Waals surface area contributed by atoms with Crippen molar-refractivity contribution in [1.82, 2.24) is 9.97 Å². The number of nitrogens with zero attached hydrogens (tertiary/aromatic N) is 3. The number of hydrogen-bond acceptors (Lipinski definition) is 5. The van der Waals surface area contributed by atoms with E-state index in [9.17, 15) is 23.2 Å². The molecule has 2 aromatic carbocycles. The highest BCUT2D eigenvalue weighted by molar-refractivity contribution is 6.30. The number of H-pyrrole nitrogens is 1. The minimum Gasteiger partial charge on any atom is -0.290 e. The van der Waals surface area contributed by atoms with Crippen LogP contribution in [0.4, 0.5) is 19.1 Å². The molecule has 6 nitrogen and oxygen atoms in total. The van der Waals surface area contributed by atoms with Gasteiger partial charge in [0.25, 0.3) is 5.56 Å². The number of anilines is 1. The Balaban J connectivity index is 1.94. The van der Waals surface area contributed by atoms with Crippen molar-refractivity contribution in [3.8, 4) is 17.3 Å². The molecular weight excluding hydrogens is 407 g/mol. The van der Waals surface area contributed by atoms with Crippen LogP contribution in [-0.4, -0.2) is 16.2 Å². The molecule has 0 bridgehead atoms. The normalized spacial score (nSPS) is 11.4. The quantitative estimate of drug-likeness (QED) is 0.485. The first-order valence-corrected chi connectivity index (χ1v) is 8.43. The maximum Gasteiger partial charge on any atom is 0.417 e. The number of hydrazone groups is 1. The van der Waals surface area contributed by atoms with Crippen molar-refractivity contribution in [2.75, 3.05) is 5.43 Å². The van der Waals surface area contributed by atoms with Crippen molar-refractivity contribution < 1.29 is 13.2 Å².